The van der Waals surface area contributed by atoms with Crippen molar-refractivity contribution in [1.82, 2.24) is 4.72 Å². The van der Waals surface area contributed by atoms with Crippen LogP contribution in [0.2, 0.25) is 0 Å². The van der Waals surface area contributed by atoms with E-state index in [-0.39, 0.29) is 0 Å². The van der Waals surface area contributed by atoms with Crippen molar-refractivity contribution in [1.29, 1.82) is 0 Å². The third-order valence-electron chi connectivity index (χ3n) is 4.58. The van der Waals surface area contributed by atoms with Crippen molar-refractivity contribution in [2.75, 3.05) is 24.5 Å². The summed E-state index contributed by atoms with van der Waals surface area (Å²) in [7, 11) is -3.42. The van der Waals surface area contributed by atoms with Gasteiger partial charge in [0, 0.05) is 25.3 Å². The number of rotatable bonds is 5. The van der Waals surface area contributed by atoms with Crippen LogP contribution >= 0.6 is 0 Å². The Morgan fingerprint density at radius 1 is 1.00 bits per heavy atom. The van der Waals surface area contributed by atoms with Gasteiger partial charge < -0.3 is 4.90 Å². The van der Waals surface area contributed by atoms with Gasteiger partial charge in [-0.15, -0.1) is 0 Å². The predicted molar refractivity (Wildman–Crippen MR) is 97.9 cm³/mol. The Morgan fingerprint density at radius 3 is 2.21 bits per heavy atom. The Balaban J connectivity index is 1.57. The fourth-order valence-corrected chi connectivity index (χ4v) is 4.13. The molecule has 0 saturated carbocycles. The summed E-state index contributed by atoms with van der Waals surface area (Å²) in [6, 6.07) is 15.5. The first-order valence-corrected chi connectivity index (χ1v) is 9.80. The van der Waals surface area contributed by atoms with Crippen LogP contribution in [0.25, 0.3) is 0 Å². The average Bonchev–Trinajstić information content (AvgIpc) is 3.03. The summed E-state index contributed by atoms with van der Waals surface area (Å²) < 4.78 is 27.5. The van der Waals surface area contributed by atoms with E-state index in [1.165, 1.54) is 11.3 Å². The van der Waals surface area contributed by atoms with Crippen LogP contribution in [0.1, 0.15) is 17.5 Å². The summed E-state index contributed by atoms with van der Waals surface area (Å²) in [4.78, 5) is 2.66. The molecular weight excluding hydrogens is 320 g/mol. The van der Waals surface area contributed by atoms with E-state index in [9.17, 15) is 8.42 Å². The second-order valence-electron chi connectivity index (χ2n) is 6.60. The van der Waals surface area contributed by atoms with E-state index in [1.54, 1.807) is 12.1 Å². The number of nitrogens with zero attached hydrogens (tertiary/aromatic N) is 1. The van der Waals surface area contributed by atoms with Gasteiger partial charge in [0.25, 0.3) is 0 Å². The first-order chi connectivity index (χ1) is 11.4. The largest absolute Gasteiger partial charge is 0.371 e. The second kappa shape index (κ2) is 6.95. The molecule has 1 N–H and O–H groups in total. The minimum absolute atomic E-state index is 0.335. The van der Waals surface area contributed by atoms with Gasteiger partial charge in [0.2, 0.25) is 10.0 Å². The van der Waals surface area contributed by atoms with Crippen molar-refractivity contribution >= 4 is 15.7 Å². The number of nitrogens with one attached hydrogen (secondary N) is 1. The van der Waals surface area contributed by atoms with Crippen LogP contribution in [-0.4, -0.2) is 28.1 Å². The minimum Gasteiger partial charge on any atom is -0.371 e. The van der Waals surface area contributed by atoms with Gasteiger partial charge in [0.1, 0.15) is 0 Å². The average molecular weight is 344 g/mol. The van der Waals surface area contributed by atoms with Crippen LogP contribution in [-0.2, 0) is 10.0 Å². The van der Waals surface area contributed by atoms with Crippen LogP contribution < -0.4 is 9.62 Å². The molecule has 128 valence electrons. The maximum absolute atomic E-state index is 12.4. The predicted octanol–water partition coefficient (Wildman–Crippen LogP) is 3.11. The maximum Gasteiger partial charge on any atom is 0.240 e. The molecule has 1 fully saturated rings. The summed E-state index contributed by atoms with van der Waals surface area (Å²) in [5, 5.41) is 0. The van der Waals surface area contributed by atoms with Gasteiger partial charge in [0.15, 0.2) is 0 Å². The van der Waals surface area contributed by atoms with Crippen LogP contribution in [0.3, 0.4) is 0 Å². The van der Waals surface area contributed by atoms with Crippen molar-refractivity contribution < 1.29 is 8.42 Å². The fourth-order valence-electron chi connectivity index (χ4n) is 3.02. The third kappa shape index (κ3) is 3.97. The Labute approximate surface area is 144 Å². The van der Waals surface area contributed by atoms with E-state index >= 15 is 0 Å². The van der Waals surface area contributed by atoms with Crippen molar-refractivity contribution in [2.45, 2.75) is 25.2 Å². The first-order valence-electron chi connectivity index (χ1n) is 8.32. The molecule has 0 amide bonds. The molecule has 1 aliphatic heterocycles. The number of sulfonamides is 1. The molecule has 1 unspecified atom stereocenters. The van der Waals surface area contributed by atoms with Crippen molar-refractivity contribution in [3.8, 4) is 0 Å². The molecule has 0 spiro atoms. The molecule has 0 aromatic heterocycles. The SMILES string of the molecule is Cc1ccc(N2CCC(CNS(=O)(=O)c3ccc(C)cc3)C2)cc1. The quantitative estimate of drug-likeness (QED) is 0.907. The molecule has 1 aliphatic rings. The maximum atomic E-state index is 12.4. The highest BCUT2D eigenvalue weighted by Crippen LogP contribution is 2.24. The number of hydrogen-bond acceptors (Lipinski definition) is 3. The van der Waals surface area contributed by atoms with Gasteiger partial charge in [0.05, 0.1) is 4.90 Å². The Bertz CT molecular complexity index is 783. The lowest BCUT2D eigenvalue weighted by Crippen LogP contribution is -2.31. The summed E-state index contributed by atoms with van der Waals surface area (Å²) in [5.74, 6) is 0.339. The molecule has 4 nitrogen and oxygen atoms in total. The van der Waals surface area contributed by atoms with Crippen LogP contribution in [0, 0.1) is 19.8 Å². The lowest BCUT2D eigenvalue weighted by molar-refractivity contribution is 0.541. The lowest BCUT2D eigenvalue weighted by Gasteiger charge is -2.19. The Hall–Kier alpha value is -1.85. The monoisotopic (exact) mass is 344 g/mol. The van der Waals surface area contributed by atoms with E-state index < -0.39 is 10.0 Å². The summed E-state index contributed by atoms with van der Waals surface area (Å²) in [6.07, 6.45) is 1.00. The van der Waals surface area contributed by atoms with E-state index in [2.05, 4.69) is 40.8 Å². The van der Waals surface area contributed by atoms with Crippen LogP contribution in [0.5, 0.6) is 0 Å². The highest BCUT2D eigenvalue weighted by molar-refractivity contribution is 7.89. The Kier molecular flexibility index (Phi) is 4.92. The van der Waals surface area contributed by atoms with Gasteiger partial charge >= 0.3 is 0 Å². The normalized spacial score (nSPS) is 18.1. The molecule has 3 rings (SSSR count). The minimum atomic E-state index is -3.42. The molecule has 1 heterocycles. The fraction of sp³-hybridized carbons (Fsp3) is 0.368. The second-order valence-corrected chi connectivity index (χ2v) is 8.37. The van der Waals surface area contributed by atoms with Gasteiger partial charge in [-0.1, -0.05) is 35.4 Å². The van der Waals surface area contributed by atoms with E-state index in [0.717, 1.165) is 25.1 Å². The molecule has 2 aromatic carbocycles. The van der Waals surface area contributed by atoms with Gasteiger partial charge in [-0.05, 0) is 50.5 Å². The zero-order valence-electron chi connectivity index (χ0n) is 14.2. The number of hydrogen-bond donors (Lipinski definition) is 1. The van der Waals surface area contributed by atoms with Crippen LogP contribution in [0.15, 0.2) is 53.4 Å². The molecule has 0 aliphatic carbocycles. The third-order valence-corrected chi connectivity index (χ3v) is 6.02. The smallest absolute Gasteiger partial charge is 0.240 e. The molecule has 1 saturated heterocycles. The standard InChI is InChI=1S/C19H24N2O2S/c1-15-3-7-18(8-4-15)21-12-11-17(14-21)13-20-24(22,23)19-9-5-16(2)6-10-19/h3-10,17,20H,11-14H2,1-2H3. The van der Waals surface area contributed by atoms with Crippen molar-refractivity contribution in [2.24, 2.45) is 5.92 Å². The number of benzene rings is 2. The molecule has 5 heteroatoms. The van der Waals surface area contributed by atoms with Crippen molar-refractivity contribution in [3.05, 3.63) is 59.7 Å². The number of aryl methyl sites for hydroxylation is 2. The first kappa shape index (κ1) is 17.0. The molecule has 2 aromatic rings. The zero-order chi connectivity index (χ0) is 17.2. The summed E-state index contributed by atoms with van der Waals surface area (Å²) in [6.45, 7) is 6.37. The zero-order valence-corrected chi connectivity index (χ0v) is 15.0. The summed E-state index contributed by atoms with van der Waals surface area (Å²) >= 11 is 0. The van der Waals surface area contributed by atoms with Gasteiger partial charge in [-0.3, -0.25) is 0 Å². The molecule has 0 radical (unpaired) electrons. The molecule has 1 atom stereocenters. The highest BCUT2D eigenvalue weighted by atomic mass is 32.2. The topological polar surface area (TPSA) is 49.4 Å². The molecule has 0 bridgehead atoms. The van der Waals surface area contributed by atoms with E-state index in [0.29, 0.717) is 17.4 Å². The van der Waals surface area contributed by atoms with Crippen LogP contribution in [0.4, 0.5) is 5.69 Å². The van der Waals surface area contributed by atoms with Crippen molar-refractivity contribution in [3.63, 3.8) is 0 Å². The van der Waals surface area contributed by atoms with Gasteiger partial charge in [-0.25, -0.2) is 13.1 Å². The molecular formula is C19H24N2O2S. The Morgan fingerprint density at radius 2 is 1.58 bits per heavy atom. The van der Waals surface area contributed by atoms with E-state index in [4.69, 9.17) is 0 Å². The number of anilines is 1. The highest BCUT2D eigenvalue weighted by Gasteiger charge is 2.24. The lowest BCUT2D eigenvalue weighted by atomic mass is 10.1. The molecule has 24 heavy (non-hydrogen) atoms. The van der Waals surface area contributed by atoms with Gasteiger partial charge in [-0.2, -0.15) is 0 Å². The van der Waals surface area contributed by atoms with E-state index in [1.807, 2.05) is 19.1 Å². The summed E-state index contributed by atoms with van der Waals surface area (Å²) in [5.41, 5.74) is 3.52.